The number of thioether (sulfide) groups is 1. The molecule has 4 aliphatic rings. The van der Waals surface area contributed by atoms with E-state index in [1.807, 2.05) is 12.1 Å². The lowest BCUT2D eigenvalue weighted by Crippen LogP contribution is -2.44. The zero-order valence-corrected chi connectivity index (χ0v) is 21.8. The Morgan fingerprint density at radius 1 is 1.19 bits per heavy atom. The third-order valence-corrected chi connectivity index (χ3v) is 10.2. The van der Waals surface area contributed by atoms with Crippen molar-refractivity contribution in [3.05, 3.63) is 41.5 Å². The highest BCUT2D eigenvalue weighted by Gasteiger charge is 2.54. The average molecular weight is 525 g/mol. The van der Waals surface area contributed by atoms with Gasteiger partial charge >= 0.3 is 0 Å². The molecule has 5 atom stereocenters. The van der Waals surface area contributed by atoms with E-state index >= 15 is 0 Å². The Bertz CT molecular complexity index is 1220. The first-order valence-corrected chi connectivity index (χ1v) is 14.2. The number of amides is 1. The molecule has 2 aliphatic carbocycles. The van der Waals surface area contributed by atoms with Crippen LogP contribution in [0.2, 0.25) is 0 Å². The third-order valence-electron chi connectivity index (χ3n) is 8.71. The van der Waals surface area contributed by atoms with Crippen LogP contribution in [0.25, 0.3) is 0 Å². The molecule has 1 saturated heterocycles. The Labute approximate surface area is 220 Å². The maximum Gasteiger partial charge on any atom is 0.227 e. The number of halogens is 1. The van der Waals surface area contributed by atoms with Gasteiger partial charge in [-0.05, 0) is 67.8 Å². The van der Waals surface area contributed by atoms with Gasteiger partial charge in [0.15, 0.2) is 5.82 Å². The second-order valence-corrected chi connectivity index (χ2v) is 12.2. The number of carbonyl (C=O) groups excluding carboxylic acids is 2. The molecule has 2 saturated carbocycles. The smallest absolute Gasteiger partial charge is 0.227 e. The Hall–Kier alpha value is -2.72. The van der Waals surface area contributed by atoms with Crippen molar-refractivity contribution in [1.82, 2.24) is 14.9 Å². The molecule has 3 heterocycles. The van der Waals surface area contributed by atoms with Crippen LogP contribution in [0.5, 0.6) is 0 Å². The van der Waals surface area contributed by atoms with Crippen LogP contribution in [0.4, 0.5) is 21.7 Å². The molecule has 0 unspecified atom stereocenters. The first-order valence-electron chi connectivity index (χ1n) is 13.1. The molecule has 196 valence electrons. The number of rotatable bonds is 2. The molecule has 0 radical (unpaired) electrons. The van der Waals surface area contributed by atoms with Gasteiger partial charge in [0.2, 0.25) is 11.9 Å². The molecule has 1 amide bonds. The second kappa shape index (κ2) is 9.87. The number of Topliss-reactive ketones (excluding diaryl/α,β-unsaturated/α-hetero) is 1. The summed E-state index contributed by atoms with van der Waals surface area (Å²) in [6, 6.07) is 6.03. The number of nitrogens with one attached hydrogen (secondary N) is 1. The van der Waals surface area contributed by atoms with Crippen LogP contribution in [-0.2, 0) is 22.4 Å². The van der Waals surface area contributed by atoms with Crippen molar-refractivity contribution in [3.8, 4) is 0 Å². The predicted molar refractivity (Wildman–Crippen MR) is 142 cm³/mol. The van der Waals surface area contributed by atoms with Crippen LogP contribution >= 0.6 is 11.8 Å². The highest BCUT2D eigenvalue weighted by atomic mass is 32.2. The molecule has 8 nitrogen and oxygen atoms in total. The fourth-order valence-electron chi connectivity index (χ4n) is 6.93. The molecule has 10 heteroatoms. The number of anilines is 3. The first-order chi connectivity index (χ1) is 17.9. The normalized spacial score (nSPS) is 29.9. The van der Waals surface area contributed by atoms with Gasteiger partial charge in [-0.15, -0.1) is 0 Å². The minimum atomic E-state index is -0.466. The van der Waals surface area contributed by atoms with E-state index in [2.05, 4.69) is 38.2 Å². The summed E-state index contributed by atoms with van der Waals surface area (Å²) in [6.45, 7) is 3.79. The van der Waals surface area contributed by atoms with Gasteiger partial charge in [-0.25, -0.2) is 14.4 Å². The minimum absolute atomic E-state index is 0.0730. The SMILES string of the molecule is CN1CCN(c2ccc3cc2CC(=O)CS[C@@H]2C[C@H]4C[C@H]2[C@@H](Cc2nc(ncc2F)N3)[C@H]4C(N)=O)CC1. The van der Waals surface area contributed by atoms with E-state index in [9.17, 15) is 14.0 Å². The van der Waals surface area contributed by atoms with Crippen molar-refractivity contribution >= 4 is 40.8 Å². The monoisotopic (exact) mass is 524 g/mol. The van der Waals surface area contributed by atoms with Gasteiger partial charge in [0.05, 0.1) is 17.6 Å². The number of carbonyl (C=O) groups is 2. The maximum absolute atomic E-state index is 14.9. The lowest BCUT2D eigenvalue weighted by molar-refractivity contribution is -0.125. The largest absolute Gasteiger partial charge is 0.369 e. The molecular weight excluding hydrogens is 491 g/mol. The highest BCUT2D eigenvalue weighted by molar-refractivity contribution is 8.00. The van der Waals surface area contributed by atoms with Crippen molar-refractivity contribution in [2.75, 3.05) is 49.2 Å². The van der Waals surface area contributed by atoms with Crippen molar-refractivity contribution in [1.29, 1.82) is 0 Å². The van der Waals surface area contributed by atoms with E-state index in [1.54, 1.807) is 11.8 Å². The number of nitrogens with zero attached hydrogens (tertiary/aromatic N) is 4. The maximum atomic E-state index is 14.9. The molecule has 1 aromatic carbocycles. The Kier molecular flexibility index (Phi) is 6.56. The van der Waals surface area contributed by atoms with Crippen LogP contribution in [0.3, 0.4) is 0 Å². The summed E-state index contributed by atoms with van der Waals surface area (Å²) in [4.78, 5) is 39.0. The fourth-order valence-corrected chi connectivity index (χ4v) is 8.37. The van der Waals surface area contributed by atoms with Crippen molar-refractivity contribution in [2.45, 2.75) is 30.9 Å². The molecule has 3 N–H and O–H groups in total. The van der Waals surface area contributed by atoms with E-state index < -0.39 is 5.82 Å². The van der Waals surface area contributed by atoms with Crippen molar-refractivity contribution in [3.63, 3.8) is 0 Å². The number of primary amides is 1. The van der Waals surface area contributed by atoms with E-state index in [0.717, 1.165) is 56.0 Å². The summed E-state index contributed by atoms with van der Waals surface area (Å²) in [5, 5.41) is 3.49. The number of piperazine rings is 1. The molecular formula is C27H33FN6O2S. The number of hydrogen-bond donors (Lipinski definition) is 2. The summed E-state index contributed by atoms with van der Waals surface area (Å²) >= 11 is 1.70. The molecule has 6 rings (SSSR count). The Morgan fingerprint density at radius 3 is 2.78 bits per heavy atom. The van der Waals surface area contributed by atoms with Crippen LogP contribution in [0.1, 0.15) is 24.1 Å². The van der Waals surface area contributed by atoms with Gasteiger partial charge in [0.25, 0.3) is 0 Å². The lowest BCUT2D eigenvalue weighted by atomic mass is 9.76. The zero-order chi connectivity index (χ0) is 25.7. The summed E-state index contributed by atoms with van der Waals surface area (Å²) < 4.78 is 14.9. The van der Waals surface area contributed by atoms with Gasteiger partial charge < -0.3 is 20.9 Å². The zero-order valence-electron chi connectivity index (χ0n) is 21.0. The molecule has 2 aliphatic heterocycles. The fraction of sp³-hybridized carbons (Fsp3) is 0.556. The average Bonchev–Trinajstić information content (AvgIpc) is 3.44. The quantitative estimate of drug-likeness (QED) is 0.618. The standard InChI is InChI=1S/C27H33FN6O2S/c1-33-4-6-34(7-5-33)23-3-2-17-8-15(23)9-18(35)14-37-24-11-16-10-19(24)20(25(16)26(29)36)12-22-21(28)13-30-27(31-17)32-22/h2-3,8,13,16,19-20,24-25H,4-7,9-12,14H2,1H3,(H2,29,36)(H,30,31,32)/t16-,19+,20-,24-,25+/m1/s1. The van der Waals surface area contributed by atoms with Gasteiger partial charge in [0, 0.05) is 55.1 Å². The molecule has 0 spiro atoms. The van der Waals surface area contributed by atoms with Gasteiger partial charge in [-0.3, -0.25) is 9.59 Å². The van der Waals surface area contributed by atoms with Crippen molar-refractivity contribution in [2.24, 2.45) is 29.4 Å². The number of benzene rings is 1. The Balaban J connectivity index is 1.35. The number of hydrogen-bond acceptors (Lipinski definition) is 8. The number of fused-ring (bicyclic) bond motifs is 5. The number of nitrogens with two attached hydrogens (primary N) is 1. The minimum Gasteiger partial charge on any atom is -0.369 e. The molecule has 2 aromatic rings. The lowest BCUT2D eigenvalue weighted by Gasteiger charge is -2.35. The van der Waals surface area contributed by atoms with E-state index in [-0.39, 0.29) is 40.6 Å². The first kappa shape index (κ1) is 24.6. The van der Waals surface area contributed by atoms with Gasteiger partial charge in [0.1, 0.15) is 5.78 Å². The van der Waals surface area contributed by atoms with E-state index in [4.69, 9.17) is 5.73 Å². The van der Waals surface area contributed by atoms with Crippen LogP contribution in [0, 0.1) is 29.5 Å². The van der Waals surface area contributed by atoms with E-state index in [0.29, 0.717) is 30.2 Å². The number of likely N-dealkylation sites (N-methyl/N-ethyl adjacent to an activating group) is 1. The third kappa shape index (κ3) is 4.81. The van der Waals surface area contributed by atoms with Crippen LogP contribution in [-0.4, -0.2) is 70.8 Å². The molecule has 3 fully saturated rings. The molecule has 6 bridgehead atoms. The van der Waals surface area contributed by atoms with Crippen molar-refractivity contribution < 1.29 is 14.0 Å². The second-order valence-electron chi connectivity index (χ2n) is 11.0. The van der Waals surface area contributed by atoms with Gasteiger partial charge in [-0.2, -0.15) is 11.8 Å². The Morgan fingerprint density at radius 2 is 2.00 bits per heavy atom. The summed E-state index contributed by atoms with van der Waals surface area (Å²) in [5.74, 6) is 0.221. The predicted octanol–water partition coefficient (Wildman–Crippen LogP) is 2.64. The number of aromatic nitrogens is 2. The molecule has 37 heavy (non-hydrogen) atoms. The molecule has 1 aromatic heterocycles. The highest BCUT2D eigenvalue weighted by Crippen LogP contribution is 2.56. The topological polar surface area (TPSA) is 104 Å². The van der Waals surface area contributed by atoms with Crippen LogP contribution in [0.15, 0.2) is 24.4 Å². The van der Waals surface area contributed by atoms with Gasteiger partial charge in [-0.1, -0.05) is 0 Å². The summed E-state index contributed by atoms with van der Waals surface area (Å²) in [7, 11) is 2.13. The van der Waals surface area contributed by atoms with E-state index in [1.165, 1.54) is 6.20 Å². The summed E-state index contributed by atoms with van der Waals surface area (Å²) in [5.41, 5.74) is 8.96. The van der Waals surface area contributed by atoms with Crippen LogP contribution < -0.4 is 16.0 Å². The number of ketones is 1. The summed E-state index contributed by atoms with van der Waals surface area (Å²) in [6.07, 6.45) is 3.68.